The number of carbonyl (C=O) groups excluding carboxylic acids is 1. The maximum Gasteiger partial charge on any atom is 0.257 e. The van der Waals surface area contributed by atoms with Crippen molar-refractivity contribution in [3.05, 3.63) is 43.0 Å². The van der Waals surface area contributed by atoms with Gasteiger partial charge in [-0.05, 0) is 19.1 Å². The van der Waals surface area contributed by atoms with E-state index >= 15 is 0 Å². The number of nitrogens with one attached hydrogen (secondary N) is 1. The normalized spacial score (nSPS) is 8.13. The van der Waals surface area contributed by atoms with Gasteiger partial charge in [0.05, 0.1) is 0 Å². The molecule has 0 fully saturated rings. The van der Waals surface area contributed by atoms with Crippen LogP contribution < -0.4 is 10.1 Å². The molecule has 1 N–H and O–H groups in total. The van der Waals surface area contributed by atoms with Crippen LogP contribution in [0.1, 0.15) is 6.92 Å². The van der Waals surface area contributed by atoms with Crippen molar-refractivity contribution < 1.29 is 9.53 Å². The number of benzene rings is 1. The smallest absolute Gasteiger partial charge is 0.257 e. The monoisotopic (exact) mass is 207 g/mol. The SMILES string of the molecule is C=CC.CNC(=O)COc1ccccc1. The van der Waals surface area contributed by atoms with Crippen molar-refractivity contribution in [1.29, 1.82) is 0 Å². The quantitative estimate of drug-likeness (QED) is 0.770. The molecule has 0 aliphatic carbocycles. The number of ether oxygens (including phenoxy) is 1. The summed E-state index contributed by atoms with van der Waals surface area (Å²) in [6.45, 7) is 5.32. The average molecular weight is 207 g/mol. The highest BCUT2D eigenvalue weighted by Gasteiger charge is 1.97. The van der Waals surface area contributed by atoms with Crippen LogP contribution in [0.25, 0.3) is 0 Å². The second-order valence-electron chi connectivity index (χ2n) is 2.68. The predicted molar refractivity (Wildman–Crippen MR) is 61.9 cm³/mol. The summed E-state index contributed by atoms with van der Waals surface area (Å²) in [4.78, 5) is 10.7. The summed E-state index contributed by atoms with van der Waals surface area (Å²) >= 11 is 0. The summed E-state index contributed by atoms with van der Waals surface area (Å²) in [6, 6.07) is 9.23. The molecular formula is C12H17NO2. The average Bonchev–Trinajstić information content (AvgIpc) is 2.28. The fourth-order valence-electron chi connectivity index (χ4n) is 0.738. The molecule has 0 heterocycles. The van der Waals surface area contributed by atoms with Crippen LogP contribution in [0.2, 0.25) is 0 Å². The summed E-state index contributed by atoms with van der Waals surface area (Å²) in [5, 5.41) is 2.47. The van der Waals surface area contributed by atoms with Crippen molar-refractivity contribution in [3.63, 3.8) is 0 Å². The van der Waals surface area contributed by atoms with E-state index in [1.807, 2.05) is 37.3 Å². The minimum atomic E-state index is -0.126. The Labute approximate surface area is 90.8 Å². The summed E-state index contributed by atoms with van der Waals surface area (Å²) < 4.78 is 5.15. The van der Waals surface area contributed by atoms with Crippen molar-refractivity contribution in [2.75, 3.05) is 13.7 Å². The lowest BCUT2D eigenvalue weighted by atomic mass is 10.3. The van der Waals surface area contributed by atoms with Crippen LogP contribution in [-0.4, -0.2) is 19.6 Å². The van der Waals surface area contributed by atoms with Gasteiger partial charge in [0.15, 0.2) is 6.61 Å². The zero-order valence-electron chi connectivity index (χ0n) is 9.19. The first-order valence-corrected chi connectivity index (χ1v) is 4.70. The highest BCUT2D eigenvalue weighted by atomic mass is 16.5. The van der Waals surface area contributed by atoms with E-state index in [4.69, 9.17) is 4.74 Å². The number of amides is 1. The lowest BCUT2D eigenvalue weighted by Gasteiger charge is -2.03. The number of rotatable bonds is 3. The summed E-state index contributed by atoms with van der Waals surface area (Å²) in [5.41, 5.74) is 0. The van der Waals surface area contributed by atoms with E-state index in [2.05, 4.69) is 11.9 Å². The minimum absolute atomic E-state index is 0.0700. The van der Waals surface area contributed by atoms with Crippen molar-refractivity contribution in [2.45, 2.75) is 6.92 Å². The van der Waals surface area contributed by atoms with Crippen molar-refractivity contribution in [1.82, 2.24) is 5.32 Å². The lowest BCUT2D eigenvalue weighted by molar-refractivity contribution is -0.122. The molecule has 0 aliphatic rings. The summed E-state index contributed by atoms with van der Waals surface area (Å²) in [6.07, 6.45) is 1.75. The summed E-state index contributed by atoms with van der Waals surface area (Å²) in [5.74, 6) is 0.583. The molecule has 0 spiro atoms. The van der Waals surface area contributed by atoms with Crippen molar-refractivity contribution >= 4 is 5.91 Å². The van der Waals surface area contributed by atoms with E-state index in [0.717, 1.165) is 0 Å². The van der Waals surface area contributed by atoms with Gasteiger partial charge in [0, 0.05) is 7.05 Å². The van der Waals surface area contributed by atoms with E-state index in [0.29, 0.717) is 5.75 Å². The van der Waals surface area contributed by atoms with Gasteiger partial charge in [-0.15, -0.1) is 6.58 Å². The Balaban J connectivity index is 0.000000583. The molecule has 0 aliphatic heterocycles. The van der Waals surface area contributed by atoms with Crippen LogP contribution >= 0.6 is 0 Å². The maximum atomic E-state index is 10.7. The van der Waals surface area contributed by atoms with Crippen LogP contribution in [0.3, 0.4) is 0 Å². The molecule has 15 heavy (non-hydrogen) atoms. The van der Waals surface area contributed by atoms with E-state index in [1.54, 1.807) is 13.1 Å². The van der Waals surface area contributed by atoms with E-state index in [1.165, 1.54) is 0 Å². The number of carbonyl (C=O) groups is 1. The molecule has 0 saturated carbocycles. The number of allylic oxidation sites excluding steroid dienone is 1. The van der Waals surface area contributed by atoms with Crippen LogP contribution in [-0.2, 0) is 4.79 Å². The number of para-hydroxylation sites is 1. The topological polar surface area (TPSA) is 38.3 Å². The van der Waals surface area contributed by atoms with Gasteiger partial charge in [-0.1, -0.05) is 24.3 Å². The first-order chi connectivity index (χ1) is 7.24. The second kappa shape index (κ2) is 8.81. The summed E-state index contributed by atoms with van der Waals surface area (Å²) in [7, 11) is 1.58. The van der Waals surface area contributed by atoms with Gasteiger partial charge in [-0.2, -0.15) is 0 Å². The van der Waals surface area contributed by atoms with Gasteiger partial charge >= 0.3 is 0 Å². The third-order valence-electron chi connectivity index (χ3n) is 1.39. The number of hydrogen-bond donors (Lipinski definition) is 1. The Morgan fingerprint density at radius 1 is 1.47 bits per heavy atom. The Morgan fingerprint density at radius 3 is 2.47 bits per heavy atom. The molecule has 0 aromatic heterocycles. The lowest BCUT2D eigenvalue weighted by Crippen LogP contribution is -2.24. The molecule has 0 unspecified atom stereocenters. The molecule has 82 valence electrons. The van der Waals surface area contributed by atoms with E-state index in [-0.39, 0.29) is 12.5 Å². The van der Waals surface area contributed by atoms with Crippen LogP contribution in [0, 0.1) is 0 Å². The molecule has 1 amide bonds. The molecular weight excluding hydrogens is 190 g/mol. The Bertz CT molecular complexity index is 283. The standard InChI is InChI=1S/C9H11NO2.C3H6/c1-10-9(11)7-12-8-5-3-2-4-6-8;1-3-2/h2-6H,7H2,1H3,(H,10,11);3H,1H2,2H3. The maximum absolute atomic E-state index is 10.7. The molecule has 1 rings (SSSR count). The number of likely N-dealkylation sites (N-methyl/N-ethyl adjacent to an activating group) is 1. The fourth-order valence-corrected chi connectivity index (χ4v) is 0.738. The third-order valence-corrected chi connectivity index (χ3v) is 1.39. The van der Waals surface area contributed by atoms with Gasteiger partial charge in [0.2, 0.25) is 0 Å². The second-order valence-corrected chi connectivity index (χ2v) is 2.68. The highest BCUT2D eigenvalue weighted by molar-refractivity contribution is 5.77. The zero-order chi connectivity index (χ0) is 11.5. The zero-order valence-corrected chi connectivity index (χ0v) is 9.19. The number of hydrogen-bond acceptors (Lipinski definition) is 2. The highest BCUT2D eigenvalue weighted by Crippen LogP contribution is 2.07. The molecule has 3 nitrogen and oxygen atoms in total. The van der Waals surface area contributed by atoms with Crippen molar-refractivity contribution in [2.24, 2.45) is 0 Å². The molecule has 0 saturated heterocycles. The molecule has 0 radical (unpaired) electrons. The van der Waals surface area contributed by atoms with E-state index < -0.39 is 0 Å². The van der Waals surface area contributed by atoms with Gasteiger partial charge in [-0.3, -0.25) is 4.79 Å². The molecule has 0 bridgehead atoms. The van der Waals surface area contributed by atoms with Crippen molar-refractivity contribution in [3.8, 4) is 5.75 Å². The van der Waals surface area contributed by atoms with Gasteiger partial charge in [-0.25, -0.2) is 0 Å². The minimum Gasteiger partial charge on any atom is -0.484 e. The molecule has 3 heteroatoms. The van der Waals surface area contributed by atoms with Crippen LogP contribution in [0.4, 0.5) is 0 Å². The fraction of sp³-hybridized carbons (Fsp3) is 0.250. The Hall–Kier alpha value is -1.77. The molecule has 1 aromatic carbocycles. The third kappa shape index (κ3) is 7.31. The Kier molecular flexibility index (Phi) is 7.77. The van der Waals surface area contributed by atoms with Crippen LogP contribution in [0.15, 0.2) is 43.0 Å². The largest absolute Gasteiger partial charge is 0.484 e. The molecule has 1 aromatic rings. The predicted octanol–water partition coefficient (Wildman–Crippen LogP) is 2.00. The molecule has 0 atom stereocenters. The van der Waals surface area contributed by atoms with E-state index in [9.17, 15) is 4.79 Å². The first-order valence-electron chi connectivity index (χ1n) is 4.70. The Morgan fingerprint density at radius 2 is 2.00 bits per heavy atom. The van der Waals surface area contributed by atoms with Gasteiger partial charge in [0.25, 0.3) is 5.91 Å². The van der Waals surface area contributed by atoms with Crippen LogP contribution in [0.5, 0.6) is 5.75 Å². The van der Waals surface area contributed by atoms with Gasteiger partial charge < -0.3 is 10.1 Å². The first kappa shape index (κ1) is 13.2. The van der Waals surface area contributed by atoms with Gasteiger partial charge in [0.1, 0.15) is 5.75 Å².